The Labute approximate surface area is 501 Å². The monoisotopic (exact) mass is 1200 g/mol. The minimum atomic E-state index is -0.644. The van der Waals surface area contributed by atoms with E-state index in [2.05, 4.69) is 24.3 Å². The van der Waals surface area contributed by atoms with Crippen molar-refractivity contribution >= 4 is 110 Å². The quantitative estimate of drug-likeness (QED) is 0.174. The summed E-state index contributed by atoms with van der Waals surface area (Å²) in [5.41, 5.74) is 7.50. The third kappa shape index (κ3) is 13.7. The lowest BCUT2D eigenvalue weighted by molar-refractivity contribution is -0.142. The third-order valence-corrected chi connectivity index (χ3v) is 18.3. The molecule has 1 N–H and O–H groups in total. The number of halogens is 6. The summed E-state index contributed by atoms with van der Waals surface area (Å²) in [6, 6.07) is 44.4. The van der Waals surface area contributed by atoms with Crippen LogP contribution in [0.5, 0.6) is 0 Å². The second-order valence-electron chi connectivity index (χ2n) is 21.2. The number of carbonyl (C=O) groups excluding carboxylic acids is 6. The average molecular weight is 1200 g/mol. The van der Waals surface area contributed by atoms with Gasteiger partial charge in [-0.15, -0.1) is 0 Å². The standard InChI is InChI=1S/2C22H18Cl2O2.C13H15ClO2.C10H5ClO2/c2*23-16-11-9-14(10-12-16)13-5-7-15(8-6-13)19-20(24)22(26)18-4-2-1-3-17(18)21(19)25;14-12-7-5-10(6-8-12)9-1-3-11(4-2-9)13(15)16;11-8-5-9(12)6-3-1-2-4-7(6)10(8)13/h2*1-4,9-13,15H,5-8H2;5-9,11H,1-4H2,(H,15,16);1-5H. The molecule has 14 heteroatoms. The van der Waals surface area contributed by atoms with Gasteiger partial charge in [0.1, 0.15) is 0 Å². The Morgan fingerprint density at radius 2 is 0.605 bits per heavy atom. The van der Waals surface area contributed by atoms with Crippen molar-refractivity contribution in [1.29, 1.82) is 0 Å². The van der Waals surface area contributed by atoms with Gasteiger partial charge < -0.3 is 5.11 Å². The molecule has 8 nitrogen and oxygen atoms in total. The van der Waals surface area contributed by atoms with Gasteiger partial charge in [0.15, 0.2) is 17.3 Å². The second-order valence-corrected chi connectivity index (χ2v) is 23.7. The molecule has 3 fully saturated rings. The number of carboxylic acid groups (broad SMARTS) is 1. The number of rotatable bonds is 6. The fraction of sp³-hybridized carbons (Fsp3) is 0.269. The van der Waals surface area contributed by atoms with Crippen LogP contribution in [0.3, 0.4) is 0 Å². The fourth-order valence-corrected chi connectivity index (χ4v) is 13.3. The highest BCUT2D eigenvalue weighted by molar-refractivity contribution is 6.51. The van der Waals surface area contributed by atoms with Gasteiger partial charge in [-0.05, 0) is 160 Å². The van der Waals surface area contributed by atoms with Gasteiger partial charge in [0.25, 0.3) is 0 Å². The van der Waals surface area contributed by atoms with Crippen LogP contribution in [-0.2, 0) is 4.79 Å². The van der Waals surface area contributed by atoms with E-state index in [4.69, 9.17) is 74.7 Å². The first kappa shape index (κ1) is 59.4. The number of ketones is 6. The maximum atomic E-state index is 13.0. The predicted octanol–water partition coefficient (Wildman–Crippen LogP) is 18.3. The van der Waals surface area contributed by atoms with Crippen LogP contribution in [0.2, 0.25) is 15.1 Å². The van der Waals surface area contributed by atoms with E-state index in [0.717, 1.165) is 98.2 Å². The van der Waals surface area contributed by atoms with Crippen LogP contribution in [-0.4, -0.2) is 45.8 Å². The first-order valence-corrected chi connectivity index (χ1v) is 29.5. The number of allylic oxidation sites excluding steroid dienone is 6. The van der Waals surface area contributed by atoms with Gasteiger partial charge in [0.05, 0.1) is 21.0 Å². The first-order valence-electron chi connectivity index (χ1n) is 27.2. The number of hydrogen-bond donors (Lipinski definition) is 1. The van der Waals surface area contributed by atoms with Crippen LogP contribution < -0.4 is 0 Å². The normalized spacial score (nSPS) is 22.3. The number of carboxylic acids is 1. The maximum absolute atomic E-state index is 13.0. The van der Waals surface area contributed by atoms with Crippen molar-refractivity contribution in [1.82, 2.24) is 0 Å². The Balaban J connectivity index is 0.000000135. The van der Waals surface area contributed by atoms with Crippen molar-refractivity contribution in [3.8, 4) is 0 Å². The minimum Gasteiger partial charge on any atom is -0.481 e. The molecule has 6 aliphatic rings. The molecule has 0 bridgehead atoms. The molecule has 6 aliphatic carbocycles. The fourth-order valence-electron chi connectivity index (χ4n) is 12.1. The zero-order valence-electron chi connectivity index (χ0n) is 44.0. The molecule has 0 atom stereocenters. The molecule has 0 amide bonds. The summed E-state index contributed by atoms with van der Waals surface area (Å²) < 4.78 is 0. The summed E-state index contributed by atoms with van der Waals surface area (Å²) in [7, 11) is 0. The first-order chi connectivity index (χ1) is 39.0. The van der Waals surface area contributed by atoms with E-state index in [-0.39, 0.29) is 67.6 Å². The number of benzene rings is 6. The lowest BCUT2D eigenvalue weighted by Gasteiger charge is -2.32. The molecule has 12 rings (SSSR count). The number of aliphatic carboxylic acids is 1. The van der Waals surface area contributed by atoms with Crippen molar-refractivity contribution in [2.24, 2.45) is 17.8 Å². The summed E-state index contributed by atoms with van der Waals surface area (Å²) in [5.74, 6) is -0.349. The molecule has 414 valence electrons. The smallest absolute Gasteiger partial charge is 0.306 e. The highest BCUT2D eigenvalue weighted by atomic mass is 35.5. The Morgan fingerprint density at radius 1 is 0.333 bits per heavy atom. The van der Waals surface area contributed by atoms with Crippen LogP contribution in [0.4, 0.5) is 0 Å². The molecular formula is C67H56Cl6O8. The Kier molecular flexibility index (Phi) is 19.6. The number of hydrogen-bond acceptors (Lipinski definition) is 7. The maximum Gasteiger partial charge on any atom is 0.306 e. The van der Waals surface area contributed by atoms with Crippen LogP contribution in [0, 0.1) is 17.8 Å². The molecule has 0 heterocycles. The zero-order chi connectivity index (χ0) is 57.5. The lowest BCUT2D eigenvalue weighted by atomic mass is 9.72. The van der Waals surface area contributed by atoms with Gasteiger partial charge in [-0.3, -0.25) is 33.6 Å². The van der Waals surface area contributed by atoms with Gasteiger partial charge in [-0.25, -0.2) is 0 Å². The molecule has 3 saturated carbocycles. The second kappa shape index (κ2) is 26.8. The number of carbonyl (C=O) groups is 7. The molecule has 0 unspecified atom stereocenters. The van der Waals surface area contributed by atoms with E-state index in [9.17, 15) is 33.6 Å². The molecule has 0 aliphatic heterocycles. The van der Waals surface area contributed by atoms with E-state index in [1.165, 1.54) is 16.7 Å². The van der Waals surface area contributed by atoms with E-state index < -0.39 is 5.97 Å². The highest BCUT2D eigenvalue weighted by Crippen LogP contribution is 2.45. The van der Waals surface area contributed by atoms with Crippen LogP contribution in [0.15, 0.2) is 178 Å². The molecule has 81 heavy (non-hydrogen) atoms. The third-order valence-electron chi connectivity index (χ3n) is 16.5. The van der Waals surface area contributed by atoms with Gasteiger partial charge in [0.2, 0.25) is 17.3 Å². The molecule has 6 aromatic carbocycles. The van der Waals surface area contributed by atoms with E-state index in [1.54, 1.807) is 72.8 Å². The minimum absolute atomic E-state index is 0.0105. The summed E-state index contributed by atoms with van der Waals surface area (Å²) in [6.07, 6.45) is 12.0. The molecule has 0 radical (unpaired) electrons. The number of fused-ring (bicyclic) bond motifs is 3. The Morgan fingerprint density at radius 3 is 0.926 bits per heavy atom. The van der Waals surface area contributed by atoms with Crippen LogP contribution in [0.1, 0.15) is 174 Å². The highest BCUT2D eigenvalue weighted by Gasteiger charge is 2.39. The molecule has 0 aromatic heterocycles. The van der Waals surface area contributed by atoms with Crippen molar-refractivity contribution in [2.75, 3.05) is 0 Å². The lowest BCUT2D eigenvalue weighted by Crippen LogP contribution is -2.27. The van der Waals surface area contributed by atoms with Gasteiger partial charge >= 0.3 is 5.97 Å². The largest absolute Gasteiger partial charge is 0.481 e. The van der Waals surface area contributed by atoms with Crippen molar-refractivity contribution < 1.29 is 38.7 Å². The average Bonchev–Trinajstić information content (AvgIpc) is 3.49. The van der Waals surface area contributed by atoms with E-state index in [1.807, 2.05) is 48.5 Å². The van der Waals surface area contributed by atoms with Crippen LogP contribution >= 0.6 is 69.6 Å². The Hall–Kier alpha value is -6.23. The molecule has 6 aromatic rings. The topological polar surface area (TPSA) is 140 Å². The van der Waals surface area contributed by atoms with Crippen LogP contribution in [0.25, 0.3) is 0 Å². The van der Waals surface area contributed by atoms with E-state index in [0.29, 0.717) is 62.3 Å². The summed E-state index contributed by atoms with van der Waals surface area (Å²) >= 11 is 36.1. The summed E-state index contributed by atoms with van der Waals surface area (Å²) in [6.45, 7) is 0. The van der Waals surface area contributed by atoms with Gasteiger partial charge in [-0.2, -0.15) is 0 Å². The van der Waals surface area contributed by atoms with Crippen molar-refractivity contribution in [2.45, 2.75) is 94.8 Å². The Bertz CT molecular complexity index is 3350. The van der Waals surface area contributed by atoms with Gasteiger partial charge in [0, 0.05) is 65.7 Å². The summed E-state index contributed by atoms with van der Waals surface area (Å²) in [5, 5.41) is 11.4. The molecule has 0 saturated heterocycles. The van der Waals surface area contributed by atoms with Crippen molar-refractivity contribution in [3.05, 3.63) is 243 Å². The number of Topliss-reactive ketones (excluding diaryl/α,β-unsaturated/α-hetero) is 5. The molecule has 0 spiro atoms. The SMILES string of the molecule is O=C(O)C1CCC(c2ccc(Cl)cc2)CC1.O=C1C(Cl)=C(C2CCC(c3ccc(Cl)cc3)CC2)C(=O)c2ccccc21.O=C1C(Cl)=C(C2CCC(c3ccc(Cl)cc3)CC2)C(=O)c2ccccc21.O=C1C=C(Cl)C(=O)c2ccccc21. The summed E-state index contributed by atoms with van der Waals surface area (Å²) in [4.78, 5) is 84.6. The molecular weight excluding hydrogens is 1150 g/mol. The van der Waals surface area contributed by atoms with E-state index >= 15 is 0 Å². The van der Waals surface area contributed by atoms with Gasteiger partial charge in [-0.1, -0.05) is 179 Å². The zero-order valence-corrected chi connectivity index (χ0v) is 48.5. The van der Waals surface area contributed by atoms with Crippen molar-refractivity contribution in [3.63, 3.8) is 0 Å². The predicted molar refractivity (Wildman–Crippen MR) is 321 cm³/mol.